The second-order valence-corrected chi connectivity index (χ2v) is 3.29. The number of nitrogens with zero attached hydrogens (tertiary/aromatic N) is 2. The van der Waals surface area contributed by atoms with E-state index in [2.05, 4.69) is 22.7 Å². The molecule has 74 valence electrons. The minimum absolute atomic E-state index is 0.751. The van der Waals surface area contributed by atoms with Crippen LogP contribution >= 0.6 is 0 Å². The molecule has 0 atom stereocenters. The maximum atomic E-state index is 5.24. The van der Waals surface area contributed by atoms with E-state index in [1.54, 1.807) is 0 Å². The molecule has 1 aromatic heterocycles. The molecule has 0 unspecified atom stereocenters. The quantitative estimate of drug-likeness (QED) is 0.550. The summed E-state index contributed by atoms with van der Waals surface area (Å²) in [6.07, 6.45) is 0.859. The Morgan fingerprint density at radius 3 is 3.00 bits per heavy atom. The van der Waals surface area contributed by atoms with Gasteiger partial charge in [-0.3, -0.25) is 16.0 Å². The van der Waals surface area contributed by atoms with E-state index in [1.807, 2.05) is 23.9 Å². The summed E-state index contributed by atoms with van der Waals surface area (Å²) in [6.45, 7) is 0.751. The van der Waals surface area contributed by atoms with E-state index >= 15 is 0 Å². The highest BCUT2D eigenvalue weighted by Crippen LogP contribution is 2.17. The van der Waals surface area contributed by atoms with Crippen LogP contribution < -0.4 is 11.3 Å². The molecule has 0 aliphatic carbocycles. The van der Waals surface area contributed by atoms with Crippen LogP contribution in [0.1, 0.15) is 5.69 Å². The molecule has 0 fully saturated rings. The lowest BCUT2D eigenvalue weighted by Gasteiger charge is -1.95. The molecule has 2 aromatic rings. The van der Waals surface area contributed by atoms with Gasteiger partial charge in [0, 0.05) is 25.4 Å². The van der Waals surface area contributed by atoms with Crippen molar-refractivity contribution in [2.75, 3.05) is 6.54 Å². The van der Waals surface area contributed by atoms with Crippen molar-refractivity contribution in [3.05, 3.63) is 30.0 Å². The molecule has 4 heteroatoms. The second-order valence-electron chi connectivity index (χ2n) is 3.29. The van der Waals surface area contributed by atoms with Gasteiger partial charge in [0.2, 0.25) is 0 Å². The molecule has 14 heavy (non-hydrogen) atoms. The Bertz CT molecular complexity index is 433. The van der Waals surface area contributed by atoms with E-state index in [1.165, 1.54) is 10.9 Å². The lowest BCUT2D eigenvalue weighted by molar-refractivity contribution is 0.698. The average molecular weight is 190 g/mol. The molecular formula is C10H14N4. The zero-order valence-electron chi connectivity index (χ0n) is 8.20. The summed E-state index contributed by atoms with van der Waals surface area (Å²) in [7, 11) is 1.96. The largest absolute Gasteiger partial charge is 0.271 e. The average Bonchev–Trinajstić information content (AvgIpc) is 2.54. The van der Waals surface area contributed by atoms with Crippen molar-refractivity contribution in [2.45, 2.75) is 6.42 Å². The molecule has 3 N–H and O–H groups in total. The van der Waals surface area contributed by atoms with Crippen molar-refractivity contribution in [1.82, 2.24) is 15.2 Å². The summed E-state index contributed by atoms with van der Waals surface area (Å²) >= 11 is 0. The smallest absolute Gasteiger partial charge is 0.0716 e. The fourth-order valence-electron chi connectivity index (χ4n) is 1.66. The van der Waals surface area contributed by atoms with Crippen LogP contribution in [-0.4, -0.2) is 16.3 Å². The van der Waals surface area contributed by atoms with E-state index in [0.29, 0.717) is 0 Å². The van der Waals surface area contributed by atoms with Crippen molar-refractivity contribution in [3.63, 3.8) is 0 Å². The van der Waals surface area contributed by atoms with Crippen LogP contribution in [-0.2, 0) is 13.5 Å². The van der Waals surface area contributed by atoms with Gasteiger partial charge in [-0.25, -0.2) is 0 Å². The molecule has 0 saturated heterocycles. The molecule has 1 aromatic carbocycles. The number of rotatable bonds is 3. The Balaban J connectivity index is 2.44. The summed E-state index contributed by atoms with van der Waals surface area (Å²) < 4.78 is 1.90. The third kappa shape index (κ3) is 1.49. The third-order valence-corrected chi connectivity index (χ3v) is 2.34. The number of fused-ring (bicyclic) bond motifs is 1. The van der Waals surface area contributed by atoms with Crippen LogP contribution in [0.15, 0.2) is 24.3 Å². The second kappa shape index (κ2) is 3.77. The minimum Gasteiger partial charge on any atom is -0.271 e. The van der Waals surface area contributed by atoms with Crippen LogP contribution in [0.5, 0.6) is 0 Å². The first-order valence-corrected chi connectivity index (χ1v) is 4.67. The number of hydrazine groups is 1. The Morgan fingerprint density at radius 1 is 1.43 bits per heavy atom. The van der Waals surface area contributed by atoms with Gasteiger partial charge in [-0.05, 0) is 6.07 Å². The van der Waals surface area contributed by atoms with E-state index in [-0.39, 0.29) is 0 Å². The van der Waals surface area contributed by atoms with Gasteiger partial charge < -0.3 is 0 Å². The van der Waals surface area contributed by atoms with Crippen molar-refractivity contribution in [1.29, 1.82) is 0 Å². The molecular weight excluding hydrogens is 176 g/mol. The van der Waals surface area contributed by atoms with Gasteiger partial charge in [0.25, 0.3) is 0 Å². The summed E-state index contributed by atoms with van der Waals surface area (Å²) in [4.78, 5) is 0. The number of benzene rings is 1. The van der Waals surface area contributed by atoms with Crippen LogP contribution in [0, 0.1) is 0 Å². The standard InChI is InChI=1S/C10H14N4/c1-14-10-5-3-2-4-8(10)9(13-14)6-7-12-11/h2-5,12H,6-7,11H2,1H3. The summed E-state index contributed by atoms with van der Waals surface area (Å²) in [5.74, 6) is 5.24. The number of hydrogen-bond acceptors (Lipinski definition) is 3. The van der Waals surface area contributed by atoms with Gasteiger partial charge in [0.05, 0.1) is 11.2 Å². The molecule has 0 aliphatic rings. The van der Waals surface area contributed by atoms with E-state index in [0.717, 1.165) is 18.7 Å². The van der Waals surface area contributed by atoms with Gasteiger partial charge in [0.1, 0.15) is 0 Å². The SMILES string of the molecule is Cn1nc(CCNN)c2ccccc21. The maximum Gasteiger partial charge on any atom is 0.0716 e. The van der Waals surface area contributed by atoms with Gasteiger partial charge in [-0.2, -0.15) is 5.10 Å². The Hall–Kier alpha value is -1.39. The zero-order chi connectivity index (χ0) is 9.97. The fourth-order valence-corrected chi connectivity index (χ4v) is 1.66. The van der Waals surface area contributed by atoms with Gasteiger partial charge in [0.15, 0.2) is 0 Å². The molecule has 0 radical (unpaired) electrons. The first-order valence-electron chi connectivity index (χ1n) is 4.67. The van der Waals surface area contributed by atoms with Crippen LogP contribution in [0.3, 0.4) is 0 Å². The molecule has 1 heterocycles. The normalized spacial score (nSPS) is 11.0. The monoisotopic (exact) mass is 190 g/mol. The summed E-state index contributed by atoms with van der Waals surface area (Å²) in [6, 6.07) is 8.22. The maximum absolute atomic E-state index is 5.24. The van der Waals surface area contributed by atoms with E-state index in [9.17, 15) is 0 Å². The van der Waals surface area contributed by atoms with E-state index < -0.39 is 0 Å². The third-order valence-electron chi connectivity index (χ3n) is 2.34. The number of aryl methyl sites for hydroxylation is 1. The molecule has 0 amide bonds. The Morgan fingerprint density at radius 2 is 2.21 bits per heavy atom. The lowest BCUT2D eigenvalue weighted by Crippen LogP contribution is -2.24. The van der Waals surface area contributed by atoms with Gasteiger partial charge >= 0.3 is 0 Å². The first-order chi connectivity index (χ1) is 6.83. The Labute approximate surface area is 82.7 Å². The Kier molecular flexibility index (Phi) is 2.47. The number of hydrogen-bond donors (Lipinski definition) is 2. The van der Waals surface area contributed by atoms with Crippen LogP contribution in [0.4, 0.5) is 0 Å². The predicted molar refractivity (Wildman–Crippen MR) is 56.6 cm³/mol. The predicted octanol–water partition coefficient (Wildman–Crippen LogP) is 0.579. The van der Waals surface area contributed by atoms with Crippen molar-refractivity contribution in [2.24, 2.45) is 12.9 Å². The zero-order valence-corrected chi connectivity index (χ0v) is 8.20. The highest BCUT2D eigenvalue weighted by atomic mass is 15.3. The fraction of sp³-hybridized carbons (Fsp3) is 0.300. The van der Waals surface area contributed by atoms with Gasteiger partial charge in [-0.15, -0.1) is 0 Å². The number of para-hydroxylation sites is 1. The molecule has 0 saturated carbocycles. The van der Waals surface area contributed by atoms with Crippen LogP contribution in [0.2, 0.25) is 0 Å². The van der Waals surface area contributed by atoms with Crippen molar-refractivity contribution < 1.29 is 0 Å². The number of nitrogens with two attached hydrogens (primary N) is 1. The number of aromatic nitrogens is 2. The van der Waals surface area contributed by atoms with Crippen molar-refractivity contribution in [3.8, 4) is 0 Å². The molecule has 0 aliphatic heterocycles. The van der Waals surface area contributed by atoms with E-state index in [4.69, 9.17) is 5.84 Å². The highest BCUT2D eigenvalue weighted by Gasteiger charge is 2.06. The van der Waals surface area contributed by atoms with Crippen LogP contribution in [0.25, 0.3) is 10.9 Å². The molecule has 0 spiro atoms. The molecule has 4 nitrogen and oxygen atoms in total. The summed E-state index contributed by atoms with van der Waals surface area (Å²) in [5.41, 5.74) is 4.91. The minimum atomic E-state index is 0.751. The van der Waals surface area contributed by atoms with Gasteiger partial charge in [-0.1, -0.05) is 18.2 Å². The number of nitrogens with one attached hydrogen (secondary N) is 1. The molecule has 2 rings (SSSR count). The van der Waals surface area contributed by atoms with Crippen molar-refractivity contribution >= 4 is 10.9 Å². The summed E-state index contributed by atoms with van der Waals surface area (Å²) in [5, 5.41) is 5.66. The molecule has 0 bridgehead atoms. The topological polar surface area (TPSA) is 55.9 Å². The first kappa shape index (κ1) is 9.18. The highest BCUT2D eigenvalue weighted by molar-refractivity contribution is 5.81. The lowest BCUT2D eigenvalue weighted by atomic mass is 10.2.